The van der Waals surface area contributed by atoms with E-state index in [9.17, 15) is 14.0 Å². The molecule has 2 fully saturated rings. The molecule has 1 aromatic heterocycles. The smallest absolute Gasteiger partial charge is 0.242 e. The molecule has 4 rings (SSSR count). The molecule has 7 nitrogen and oxygen atoms in total. The van der Waals surface area contributed by atoms with Crippen LogP contribution in [0.15, 0.2) is 36.7 Å². The number of ether oxygens (including phenoxy) is 1. The largest absolute Gasteiger partial charge is 0.490 e. The van der Waals surface area contributed by atoms with Gasteiger partial charge in [-0.15, -0.1) is 0 Å². The topological polar surface area (TPSA) is 67.7 Å². The number of carbonyl (C=O) groups is 2. The maximum atomic E-state index is 13.3. The normalized spacial score (nSPS) is 21.2. The van der Waals surface area contributed by atoms with Crippen LogP contribution < -0.4 is 4.74 Å². The number of aryl methyl sites for hydroxylation is 1. The fourth-order valence-electron chi connectivity index (χ4n) is 4.82. The molecule has 0 unspecified atom stereocenters. The monoisotopic (exact) mass is 456 g/mol. The van der Waals surface area contributed by atoms with Gasteiger partial charge in [-0.25, -0.2) is 9.37 Å². The number of likely N-dealkylation sites (tertiary alicyclic amines) is 2. The Labute approximate surface area is 194 Å². The molecule has 8 heteroatoms. The molecule has 2 aliphatic rings. The number of amides is 2. The van der Waals surface area contributed by atoms with E-state index in [-0.39, 0.29) is 36.2 Å². The van der Waals surface area contributed by atoms with Crippen molar-refractivity contribution in [2.24, 2.45) is 5.92 Å². The van der Waals surface area contributed by atoms with E-state index in [2.05, 4.69) is 4.98 Å². The maximum absolute atomic E-state index is 13.3. The number of hydrogen-bond donors (Lipinski definition) is 0. The zero-order valence-corrected chi connectivity index (χ0v) is 19.3. The molecule has 0 bridgehead atoms. The van der Waals surface area contributed by atoms with E-state index in [1.165, 1.54) is 18.6 Å². The Morgan fingerprint density at radius 3 is 2.55 bits per heavy atom. The molecular formula is C25H33FN4O3. The fraction of sp³-hybridized carbons (Fsp3) is 0.560. The quantitative estimate of drug-likeness (QED) is 0.641. The molecule has 2 aliphatic heterocycles. The summed E-state index contributed by atoms with van der Waals surface area (Å²) in [5, 5.41) is 0. The zero-order valence-electron chi connectivity index (χ0n) is 19.3. The summed E-state index contributed by atoms with van der Waals surface area (Å²) in [5.41, 5.74) is 0. The van der Waals surface area contributed by atoms with E-state index in [0.717, 1.165) is 38.2 Å². The number of nitrogens with zero attached hydrogens (tertiary/aromatic N) is 4. The van der Waals surface area contributed by atoms with Crippen molar-refractivity contribution in [2.75, 3.05) is 26.2 Å². The van der Waals surface area contributed by atoms with Crippen LogP contribution in [0.1, 0.15) is 44.9 Å². The summed E-state index contributed by atoms with van der Waals surface area (Å²) in [5.74, 6) is 1.20. The van der Waals surface area contributed by atoms with Crippen LogP contribution in [0.25, 0.3) is 0 Å². The zero-order chi connectivity index (χ0) is 23.2. The van der Waals surface area contributed by atoms with Gasteiger partial charge in [-0.05, 0) is 43.5 Å². The van der Waals surface area contributed by atoms with Crippen molar-refractivity contribution in [1.82, 2.24) is 19.4 Å². The summed E-state index contributed by atoms with van der Waals surface area (Å²) >= 11 is 0. The van der Waals surface area contributed by atoms with Gasteiger partial charge in [-0.2, -0.15) is 0 Å². The van der Waals surface area contributed by atoms with Crippen LogP contribution >= 0.6 is 0 Å². The number of aromatic nitrogens is 2. The van der Waals surface area contributed by atoms with Crippen molar-refractivity contribution >= 4 is 11.8 Å². The number of hydrogen-bond acceptors (Lipinski definition) is 4. The lowest BCUT2D eigenvalue weighted by molar-refractivity contribution is -0.140. The Morgan fingerprint density at radius 2 is 1.82 bits per heavy atom. The molecule has 1 aromatic carbocycles. The number of halogens is 1. The van der Waals surface area contributed by atoms with Crippen LogP contribution in [0.3, 0.4) is 0 Å². The predicted octanol–water partition coefficient (Wildman–Crippen LogP) is 3.28. The fourth-order valence-corrected chi connectivity index (χ4v) is 4.82. The van der Waals surface area contributed by atoms with Crippen molar-refractivity contribution in [3.63, 3.8) is 0 Å². The minimum absolute atomic E-state index is 0.0263. The van der Waals surface area contributed by atoms with E-state index < -0.39 is 0 Å². The lowest BCUT2D eigenvalue weighted by atomic mass is 9.90. The van der Waals surface area contributed by atoms with E-state index in [4.69, 9.17) is 4.74 Å². The van der Waals surface area contributed by atoms with Crippen LogP contribution in [-0.4, -0.2) is 63.4 Å². The van der Waals surface area contributed by atoms with E-state index in [0.29, 0.717) is 31.7 Å². The molecule has 178 valence electrons. The van der Waals surface area contributed by atoms with E-state index >= 15 is 0 Å². The van der Waals surface area contributed by atoms with Gasteiger partial charge in [-0.1, -0.05) is 6.92 Å². The highest BCUT2D eigenvalue weighted by Crippen LogP contribution is 2.27. The average Bonchev–Trinajstić information content (AvgIpc) is 3.29. The first-order valence-corrected chi connectivity index (χ1v) is 12.0. The van der Waals surface area contributed by atoms with Crippen molar-refractivity contribution < 1.29 is 18.7 Å². The van der Waals surface area contributed by atoms with E-state index in [1.54, 1.807) is 18.3 Å². The highest BCUT2D eigenvalue weighted by atomic mass is 19.1. The molecule has 3 heterocycles. The molecule has 0 N–H and O–H groups in total. The van der Waals surface area contributed by atoms with Gasteiger partial charge in [0.15, 0.2) is 0 Å². The third-order valence-electron chi connectivity index (χ3n) is 6.69. The third kappa shape index (κ3) is 5.92. The van der Waals surface area contributed by atoms with Crippen LogP contribution in [0.4, 0.5) is 4.39 Å². The molecular weight excluding hydrogens is 423 g/mol. The van der Waals surface area contributed by atoms with Gasteiger partial charge in [0.25, 0.3) is 0 Å². The first kappa shape index (κ1) is 23.3. The second kappa shape index (κ2) is 10.8. The number of rotatable bonds is 7. The molecule has 2 atom stereocenters. The molecule has 33 heavy (non-hydrogen) atoms. The summed E-state index contributed by atoms with van der Waals surface area (Å²) in [6.45, 7) is 4.91. The number of piperidine rings is 2. The third-order valence-corrected chi connectivity index (χ3v) is 6.69. The molecule has 0 radical (unpaired) electrons. The lowest BCUT2D eigenvalue weighted by Gasteiger charge is -2.39. The molecule has 2 aromatic rings. The molecule has 2 amide bonds. The van der Waals surface area contributed by atoms with Gasteiger partial charge in [0.2, 0.25) is 11.8 Å². The summed E-state index contributed by atoms with van der Waals surface area (Å²) in [7, 11) is 0. The van der Waals surface area contributed by atoms with Crippen molar-refractivity contribution in [2.45, 2.75) is 58.1 Å². The first-order valence-electron chi connectivity index (χ1n) is 12.0. The van der Waals surface area contributed by atoms with Crippen molar-refractivity contribution in [3.8, 4) is 5.75 Å². The van der Waals surface area contributed by atoms with Crippen LogP contribution in [0, 0.1) is 11.7 Å². The molecule has 2 saturated heterocycles. The summed E-state index contributed by atoms with van der Waals surface area (Å²) < 4.78 is 21.4. The van der Waals surface area contributed by atoms with Crippen molar-refractivity contribution in [3.05, 3.63) is 48.3 Å². The summed E-state index contributed by atoms with van der Waals surface area (Å²) in [6, 6.07) is 5.97. The SMILES string of the molecule is CCc1nccn1CC(=O)N1CC[C@H](Oc2ccc(F)cc2)[C@@H](CC(=O)N2CCCCC2)C1. The van der Waals surface area contributed by atoms with Crippen LogP contribution in [0.5, 0.6) is 5.75 Å². The van der Waals surface area contributed by atoms with Crippen molar-refractivity contribution in [1.29, 1.82) is 0 Å². The molecule has 0 spiro atoms. The van der Waals surface area contributed by atoms with Crippen LogP contribution in [0.2, 0.25) is 0 Å². The minimum Gasteiger partial charge on any atom is -0.490 e. The number of benzene rings is 1. The minimum atomic E-state index is -0.314. The lowest BCUT2D eigenvalue weighted by Crippen LogP contribution is -2.50. The highest BCUT2D eigenvalue weighted by molar-refractivity contribution is 5.78. The van der Waals surface area contributed by atoms with Gasteiger partial charge < -0.3 is 19.1 Å². The predicted molar refractivity (Wildman–Crippen MR) is 122 cm³/mol. The maximum Gasteiger partial charge on any atom is 0.242 e. The summed E-state index contributed by atoms with van der Waals surface area (Å²) in [6.07, 6.45) is 8.34. The second-order valence-electron chi connectivity index (χ2n) is 8.97. The Morgan fingerprint density at radius 1 is 1.06 bits per heavy atom. The first-order chi connectivity index (χ1) is 16.0. The Hall–Kier alpha value is -2.90. The Bertz CT molecular complexity index is 939. The van der Waals surface area contributed by atoms with Gasteiger partial charge >= 0.3 is 0 Å². The van der Waals surface area contributed by atoms with Gasteiger partial charge in [0, 0.05) is 63.8 Å². The average molecular weight is 457 g/mol. The van der Waals surface area contributed by atoms with Gasteiger partial charge in [-0.3, -0.25) is 9.59 Å². The Kier molecular flexibility index (Phi) is 7.62. The van der Waals surface area contributed by atoms with Gasteiger partial charge in [0.05, 0.1) is 0 Å². The summed E-state index contributed by atoms with van der Waals surface area (Å²) in [4.78, 5) is 34.2. The number of carbonyl (C=O) groups excluding carboxylic acids is 2. The molecule has 0 saturated carbocycles. The van der Waals surface area contributed by atoms with Crippen LogP contribution in [-0.2, 0) is 22.6 Å². The molecule has 0 aliphatic carbocycles. The van der Waals surface area contributed by atoms with Gasteiger partial charge in [0.1, 0.15) is 30.0 Å². The highest BCUT2D eigenvalue weighted by Gasteiger charge is 2.35. The Balaban J connectivity index is 1.45. The standard InChI is InChI=1S/C25H33FN4O3/c1-2-23-27-11-15-29(23)18-25(32)30-14-10-22(33-21-8-6-20(26)7-9-21)19(17-30)16-24(31)28-12-4-3-5-13-28/h6-9,11,15,19,22H,2-5,10,12-14,16-18H2,1H3/t19-,22-/m0/s1. The second-order valence-corrected chi connectivity index (χ2v) is 8.97. The van der Waals surface area contributed by atoms with E-state index in [1.807, 2.05) is 27.5 Å². The number of imidazole rings is 1.